The zero-order chi connectivity index (χ0) is 13.4. The van der Waals surface area contributed by atoms with Crippen molar-refractivity contribution in [3.63, 3.8) is 0 Å². The van der Waals surface area contributed by atoms with Crippen molar-refractivity contribution in [2.24, 2.45) is 0 Å². The zero-order valence-corrected chi connectivity index (χ0v) is 12.0. The Morgan fingerprint density at radius 3 is 2.50 bits per heavy atom. The second kappa shape index (κ2) is 4.50. The molecule has 1 aromatic rings. The Balaban J connectivity index is 2.13. The average Bonchev–Trinajstić information content (AvgIpc) is 2.96. The lowest BCUT2D eigenvalue weighted by Gasteiger charge is -2.29. The largest absolute Gasteiger partial charge is 0.465 e. The van der Waals surface area contributed by atoms with E-state index >= 15 is 0 Å². The third kappa shape index (κ3) is 2.98. The molecule has 0 atom stereocenters. The Bertz CT molecular complexity index is 455. The molecule has 0 unspecified atom stereocenters. The van der Waals surface area contributed by atoms with Gasteiger partial charge in [-0.3, -0.25) is 0 Å². The van der Waals surface area contributed by atoms with Gasteiger partial charge in [-0.15, -0.1) is 0 Å². The van der Waals surface area contributed by atoms with Crippen LogP contribution < -0.4 is 5.32 Å². The van der Waals surface area contributed by atoms with Crippen LogP contribution in [-0.2, 0) is 5.41 Å². The van der Waals surface area contributed by atoms with E-state index in [0.717, 1.165) is 23.1 Å². The van der Waals surface area contributed by atoms with E-state index in [1.54, 1.807) is 12.4 Å². The Labute approximate surface area is 114 Å². The highest BCUT2D eigenvalue weighted by molar-refractivity contribution is 9.10. The SMILES string of the molecule is CC(C)(CC1(c2ncc(Br)cn2)CC1)NC(=O)O. The summed E-state index contributed by atoms with van der Waals surface area (Å²) in [5, 5.41) is 11.4. The number of hydrogen-bond acceptors (Lipinski definition) is 3. The first-order valence-electron chi connectivity index (χ1n) is 5.82. The molecule has 1 heterocycles. The number of hydrogen-bond donors (Lipinski definition) is 2. The maximum atomic E-state index is 10.8. The Hall–Kier alpha value is -1.17. The van der Waals surface area contributed by atoms with Gasteiger partial charge in [0.05, 0.1) is 4.47 Å². The van der Waals surface area contributed by atoms with Gasteiger partial charge < -0.3 is 10.4 Å². The number of carboxylic acid groups (broad SMARTS) is 1. The number of nitrogens with zero attached hydrogens (tertiary/aromatic N) is 2. The van der Waals surface area contributed by atoms with Crippen LogP contribution in [0.25, 0.3) is 0 Å². The number of rotatable bonds is 4. The van der Waals surface area contributed by atoms with Crippen LogP contribution in [0.3, 0.4) is 0 Å². The highest BCUT2D eigenvalue weighted by Crippen LogP contribution is 2.51. The van der Waals surface area contributed by atoms with Crippen molar-refractivity contribution in [1.29, 1.82) is 0 Å². The first-order valence-corrected chi connectivity index (χ1v) is 6.61. The molecule has 1 aromatic heterocycles. The monoisotopic (exact) mass is 313 g/mol. The molecule has 6 heteroatoms. The minimum Gasteiger partial charge on any atom is -0.465 e. The van der Waals surface area contributed by atoms with Gasteiger partial charge in [0.1, 0.15) is 5.82 Å². The third-order valence-corrected chi connectivity index (χ3v) is 3.58. The molecule has 98 valence electrons. The predicted molar refractivity (Wildman–Crippen MR) is 70.5 cm³/mol. The van der Waals surface area contributed by atoms with Crippen LogP contribution in [0.2, 0.25) is 0 Å². The second-order valence-corrected chi connectivity index (χ2v) is 6.41. The zero-order valence-electron chi connectivity index (χ0n) is 10.4. The van der Waals surface area contributed by atoms with Crippen molar-refractivity contribution >= 4 is 22.0 Å². The van der Waals surface area contributed by atoms with Crippen LogP contribution in [0.1, 0.15) is 38.9 Å². The molecule has 1 fully saturated rings. The first kappa shape index (κ1) is 13.3. The molecule has 0 radical (unpaired) electrons. The molecule has 5 nitrogen and oxygen atoms in total. The van der Waals surface area contributed by atoms with Gasteiger partial charge in [-0.25, -0.2) is 14.8 Å². The lowest BCUT2D eigenvalue weighted by atomic mass is 9.87. The van der Waals surface area contributed by atoms with E-state index in [-0.39, 0.29) is 5.41 Å². The van der Waals surface area contributed by atoms with Crippen molar-refractivity contribution in [3.8, 4) is 0 Å². The average molecular weight is 314 g/mol. The fourth-order valence-corrected chi connectivity index (χ4v) is 2.60. The highest BCUT2D eigenvalue weighted by atomic mass is 79.9. The molecule has 2 rings (SSSR count). The van der Waals surface area contributed by atoms with Crippen LogP contribution in [-0.4, -0.2) is 26.7 Å². The molecule has 1 saturated carbocycles. The van der Waals surface area contributed by atoms with Gasteiger partial charge in [-0.1, -0.05) is 0 Å². The van der Waals surface area contributed by atoms with Gasteiger partial charge >= 0.3 is 6.09 Å². The number of amides is 1. The van der Waals surface area contributed by atoms with Gasteiger partial charge in [-0.2, -0.15) is 0 Å². The van der Waals surface area contributed by atoms with E-state index in [4.69, 9.17) is 5.11 Å². The van der Waals surface area contributed by atoms with E-state index < -0.39 is 11.6 Å². The molecule has 1 aliphatic carbocycles. The summed E-state index contributed by atoms with van der Waals surface area (Å²) >= 11 is 3.31. The smallest absolute Gasteiger partial charge is 0.405 e. The summed E-state index contributed by atoms with van der Waals surface area (Å²) in [6.07, 6.45) is 5.22. The minimum atomic E-state index is -0.993. The normalized spacial score (nSPS) is 17.3. The number of aromatic nitrogens is 2. The van der Waals surface area contributed by atoms with Crippen LogP contribution in [0.15, 0.2) is 16.9 Å². The summed E-state index contributed by atoms with van der Waals surface area (Å²) in [5.74, 6) is 0.811. The second-order valence-electron chi connectivity index (χ2n) is 5.50. The lowest BCUT2D eigenvalue weighted by molar-refractivity contribution is 0.178. The maximum absolute atomic E-state index is 10.8. The van der Waals surface area contributed by atoms with E-state index in [1.807, 2.05) is 13.8 Å². The van der Waals surface area contributed by atoms with Gasteiger partial charge in [0, 0.05) is 23.3 Å². The Morgan fingerprint density at radius 2 is 2.06 bits per heavy atom. The maximum Gasteiger partial charge on any atom is 0.405 e. The predicted octanol–water partition coefficient (Wildman–Crippen LogP) is 2.71. The van der Waals surface area contributed by atoms with Crippen molar-refractivity contribution in [1.82, 2.24) is 15.3 Å². The summed E-state index contributed by atoms with van der Waals surface area (Å²) in [5.41, 5.74) is -0.536. The molecule has 0 aromatic carbocycles. The molecule has 1 amide bonds. The molecule has 0 aliphatic heterocycles. The molecule has 2 N–H and O–H groups in total. The van der Waals surface area contributed by atoms with Crippen molar-refractivity contribution < 1.29 is 9.90 Å². The van der Waals surface area contributed by atoms with Gasteiger partial charge in [0.15, 0.2) is 0 Å². The van der Waals surface area contributed by atoms with Crippen LogP contribution in [0.4, 0.5) is 4.79 Å². The molecule has 18 heavy (non-hydrogen) atoms. The summed E-state index contributed by atoms with van der Waals surface area (Å²) in [4.78, 5) is 19.4. The van der Waals surface area contributed by atoms with E-state index in [2.05, 4.69) is 31.2 Å². The fraction of sp³-hybridized carbons (Fsp3) is 0.583. The van der Waals surface area contributed by atoms with E-state index in [0.29, 0.717) is 6.42 Å². The molecular formula is C12H16BrN3O2. The van der Waals surface area contributed by atoms with E-state index in [9.17, 15) is 4.79 Å². The van der Waals surface area contributed by atoms with E-state index in [1.165, 1.54) is 0 Å². The van der Waals surface area contributed by atoms with Gasteiger partial charge in [-0.05, 0) is 49.0 Å². The number of nitrogens with one attached hydrogen (secondary N) is 1. The van der Waals surface area contributed by atoms with Crippen molar-refractivity contribution in [2.75, 3.05) is 0 Å². The highest BCUT2D eigenvalue weighted by Gasteiger charge is 2.50. The minimum absolute atomic E-state index is 0.0628. The van der Waals surface area contributed by atoms with Crippen LogP contribution in [0.5, 0.6) is 0 Å². The van der Waals surface area contributed by atoms with Crippen LogP contribution in [0, 0.1) is 0 Å². The van der Waals surface area contributed by atoms with Gasteiger partial charge in [0.25, 0.3) is 0 Å². The summed E-state index contributed by atoms with van der Waals surface area (Å²) < 4.78 is 0.852. The molecule has 0 spiro atoms. The van der Waals surface area contributed by atoms with Crippen molar-refractivity contribution in [2.45, 2.75) is 44.1 Å². The molecule has 0 bridgehead atoms. The third-order valence-electron chi connectivity index (χ3n) is 3.17. The quantitative estimate of drug-likeness (QED) is 0.896. The lowest BCUT2D eigenvalue weighted by Crippen LogP contribution is -2.45. The molecule has 1 aliphatic rings. The molecule has 0 saturated heterocycles. The first-order chi connectivity index (χ1) is 8.33. The summed E-state index contributed by atoms with van der Waals surface area (Å²) in [6.45, 7) is 3.78. The summed E-state index contributed by atoms with van der Waals surface area (Å²) in [6, 6.07) is 0. The number of halogens is 1. The summed E-state index contributed by atoms with van der Waals surface area (Å²) in [7, 11) is 0. The topological polar surface area (TPSA) is 75.1 Å². The standard InChI is InChI=1S/C12H16BrN3O2/c1-11(2,16-10(17)18)7-12(3-4-12)9-14-5-8(13)6-15-9/h5-6,16H,3-4,7H2,1-2H3,(H,17,18). The van der Waals surface area contributed by atoms with Gasteiger partial charge in [0.2, 0.25) is 0 Å². The number of carbonyl (C=O) groups is 1. The van der Waals surface area contributed by atoms with Crippen molar-refractivity contribution in [3.05, 3.63) is 22.7 Å². The fourth-order valence-electron chi connectivity index (χ4n) is 2.40. The molecular weight excluding hydrogens is 298 g/mol. The Morgan fingerprint density at radius 1 is 1.50 bits per heavy atom. The Kier molecular flexibility index (Phi) is 3.31. The van der Waals surface area contributed by atoms with Crippen LogP contribution >= 0.6 is 15.9 Å².